The van der Waals surface area contributed by atoms with E-state index in [0.717, 1.165) is 23.9 Å². The zero-order chi connectivity index (χ0) is 22.9. The van der Waals surface area contributed by atoms with Crippen LogP contribution in [0.2, 0.25) is 0 Å². The highest BCUT2D eigenvalue weighted by Crippen LogP contribution is 2.43. The molecule has 1 heterocycles. The average molecular weight is 445 g/mol. The van der Waals surface area contributed by atoms with Crippen molar-refractivity contribution in [3.05, 3.63) is 42.0 Å². The van der Waals surface area contributed by atoms with Crippen molar-refractivity contribution in [2.45, 2.75) is 37.6 Å². The summed E-state index contributed by atoms with van der Waals surface area (Å²) < 4.78 is 30.1. The first-order valence-corrected chi connectivity index (χ1v) is 12.0. The van der Waals surface area contributed by atoms with Crippen LogP contribution < -0.4 is 9.64 Å². The second-order valence-corrected chi connectivity index (χ2v) is 10.1. The maximum atomic E-state index is 12.3. The van der Waals surface area contributed by atoms with Gasteiger partial charge in [-0.3, -0.25) is 9.59 Å². The summed E-state index contributed by atoms with van der Waals surface area (Å²) in [6, 6.07) is 10.4. The molecule has 3 rings (SSSR count). The van der Waals surface area contributed by atoms with Crippen LogP contribution in [0.3, 0.4) is 0 Å². The fourth-order valence-corrected chi connectivity index (χ4v) is 4.50. The molecule has 0 fully saturated rings. The minimum atomic E-state index is -3.38. The van der Waals surface area contributed by atoms with Crippen molar-refractivity contribution >= 4 is 27.3 Å². The van der Waals surface area contributed by atoms with Crippen molar-refractivity contribution in [2.75, 3.05) is 31.9 Å². The van der Waals surface area contributed by atoms with E-state index < -0.39 is 9.84 Å². The van der Waals surface area contributed by atoms with Gasteiger partial charge in [0, 0.05) is 44.4 Å². The van der Waals surface area contributed by atoms with Crippen LogP contribution in [-0.4, -0.2) is 58.1 Å². The smallest absolute Gasteiger partial charge is 0.259 e. The van der Waals surface area contributed by atoms with Crippen molar-refractivity contribution in [2.24, 2.45) is 0 Å². The number of likely N-dealkylation sites (N-methyl/N-ethyl adjacent to an activating group) is 1. The summed E-state index contributed by atoms with van der Waals surface area (Å²) in [4.78, 5) is 27.9. The predicted molar refractivity (Wildman–Crippen MR) is 120 cm³/mol. The molecule has 0 N–H and O–H groups in total. The number of amides is 2. The van der Waals surface area contributed by atoms with Gasteiger partial charge in [-0.2, -0.15) is 0 Å². The molecule has 0 saturated heterocycles. The number of ether oxygens (including phenoxy) is 1. The zero-order valence-corrected chi connectivity index (χ0v) is 19.3. The molecule has 2 aromatic rings. The maximum absolute atomic E-state index is 12.3. The van der Waals surface area contributed by atoms with E-state index >= 15 is 0 Å². The SMILES string of the molecule is CC(=O)N1c2ccc(-c3cccc(S(C)(=O)=O)c3)c(OCC(=O)N(C)C)c2CCC1C. The van der Waals surface area contributed by atoms with Gasteiger partial charge in [0.05, 0.1) is 10.6 Å². The molecule has 8 heteroatoms. The molecular formula is C23H28N2O5S. The summed E-state index contributed by atoms with van der Waals surface area (Å²) in [7, 11) is -0.0731. The Bertz CT molecular complexity index is 1120. The highest BCUT2D eigenvalue weighted by Gasteiger charge is 2.30. The summed E-state index contributed by atoms with van der Waals surface area (Å²) in [6.45, 7) is 3.38. The molecule has 0 saturated carbocycles. The van der Waals surface area contributed by atoms with Crippen LogP contribution >= 0.6 is 0 Å². The Kier molecular flexibility index (Phi) is 6.40. The van der Waals surface area contributed by atoms with Gasteiger partial charge in [0.2, 0.25) is 5.91 Å². The minimum Gasteiger partial charge on any atom is -0.483 e. The van der Waals surface area contributed by atoms with Gasteiger partial charge in [-0.1, -0.05) is 12.1 Å². The molecular weight excluding hydrogens is 416 g/mol. The van der Waals surface area contributed by atoms with Gasteiger partial charge in [0.1, 0.15) is 5.75 Å². The Labute approximate surface area is 183 Å². The Morgan fingerprint density at radius 3 is 2.52 bits per heavy atom. The molecule has 1 aliphatic rings. The Morgan fingerprint density at radius 2 is 1.90 bits per heavy atom. The Hall–Kier alpha value is -2.87. The van der Waals surface area contributed by atoms with Crippen molar-refractivity contribution in [1.82, 2.24) is 4.90 Å². The van der Waals surface area contributed by atoms with E-state index in [2.05, 4.69) is 0 Å². The van der Waals surface area contributed by atoms with Crippen LogP contribution in [0.25, 0.3) is 11.1 Å². The average Bonchev–Trinajstić information content (AvgIpc) is 2.70. The van der Waals surface area contributed by atoms with Crippen molar-refractivity contribution in [3.8, 4) is 16.9 Å². The quantitative estimate of drug-likeness (QED) is 0.708. The standard InChI is InChI=1S/C23H28N2O5S/c1-15-9-10-20-21(25(15)16(2)26)12-11-19(23(20)30-14-22(27)24(3)4)17-7-6-8-18(13-17)31(5,28)29/h6-8,11-13,15H,9-10,14H2,1-5H3. The molecule has 0 aromatic heterocycles. The highest BCUT2D eigenvalue weighted by atomic mass is 32.2. The number of hydrogen-bond acceptors (Lipinski definition) is 5. The fraction of sp³-hybridized carbons (Fsp3) is 0.391. The summed E-state index contributed by atoms with van der Waals surface area (Å²) in [5.74, 6) is 0.258. The number of rotatable bonds is 5. The number of hydrogen-bond donors (Lipinski definition) is 0. The third-order valence-electron chi connectivity index (χ3n) is 5.50. The first kappa shape index (κ1) is 22.8. The van der Waals surface area contributed by atoms with E-state index in [-0.39, 0.29) is 29.4 Å². The molecule has 1 aliphatic heterocycles. The predicted octanol–water partition coefficient (Wildman–Crippen LogP) is 2.91. The Balaban J connectivity index is 2.18. The van der Waals surface area contributed by atoms with E-state index in [1.54, 1.807) is 37.2 Å². The number of anilines is 1. The van der Waals surface area contributed by atoms with Gasteiger partial charge in [0.25, 0.3) is 5.91 Å². The third kappa shape index (κ3) is 4.74. The molecule has 0 aliphatic carbocycles. The molecule has 1 unspecified atom stereocenters. The van der Waals surface area contributed by atoms with Gasteiger partial charge in [-0.15, -0.1) is 0 Å². The lowest BCUT2D eigenvalue weighted by Crippen LogP contribution is -2.41. The molecule has 0 spiro atoms. The molecule has 2 aromatic carbocycles. The summed E-state index contributed by atoms with van der Waals surface area (Å²) >= 11 is 0. The zero-order valence-electron chi connectivity index (χ0n) is 18.5. The van der Waals surface area contributed by atoms with E-state index in [4.69, 9.17) is 4.74 Å². The van der Waals surface area contributed by atoms with Gasteiger partial charge in [0.15, 0.2) is 16.4 Å². The summed E-state index contributed by atoms with van der Waals surface area (Å²) in [5.41, 5.74) is 2.98. The molecule has 7 nitrogen and oxygen atoms in total. The van der Waals surface area contributed by atoms with E-state index in [1.165, 1.54) is 11.8 Å². The minimum absolute atomic E-state index is 0.0562. The topological polar surface area (TPSA) is 84.0 Å². The van der Waals surface area contributed by atoms with E-state index in [1.807, 2.05) is 25.1 Å². The second kappa shape index (κ2) is 8.70. The molecule has 1 atom stereocenters. The molecule has 31 heavy (non-hydrogen) atoms. The van der Waals surface area contributed by atoms with E-state index in [9.17, 15) is 18.0 Å². The van der Waals surface area contributed by atoms with E-state index in [0.29, 0.717) is 23.3 Å². The van der Waals surface area contributed by atoms with Gasteiger partial charge in [-0.05, 0) is 49.6 Å². The lowest BCUT2D eigenvalue weighted by atomic mass is 9.91. The van der Waals surface area contributed by atoms with Crippen LogP contribution in [0.5, 0.6) is 5.75 Å². The normalized spacial score (nSPS) is 15.9. The van der Waals surface area contributed by atoms with Crippen molar-refractivity contribution in [3.63, 3.8) is 0 Å². The van der Waals surface area contributed by atoms with Gasteiger partial charge >= 0.3 is 0 Å². The number of carbonyl (C=O) groups excluding carboxylic acids is 2. The number of sulfone groups is 1. The number of benzene rings is 2. The van der Waals surface area contributed by atoms with Gasteiger partial charge in [-0.25, -0.2) is 8.42 Å². The third-order valence-corrected chi connectivity index (χ3v) is 6.61. The summed E-state index contributed by atoms with van der Waals surface area (Å²) in [5, 5.41) is 0. The van der Waals surface area contributed by atoms with Crippen LogP contribution in [0.15, 0.2) is 41.3 Å². The van der Waals surface area contributed by atoms with Crippen LogP contribution in [0.4, 0.5) is 5.69 Å². The van der Waals surface area contributed by atoms with Crippen LogP contribution in [0, 0.1) is 0 Å². The van der Waals surface area contributed by atoms with Crippen LogP contribution in [0.1, 0.15) is 25.8 Å². The lowest BCUT2D eigenvalue weighted by Gasteiger charge is -2.36. The number of carbonyl (C=O) groups is 2. The summed E-state index contributed by atoms with van der Waals surface area (Å²) in [6.07, 6.45) is 2.61. The molecule has 166 valence electrons. The largest absolute Gasteiger partial charge is 0.483 e. The fourth-order valence-electron chi connectivity index (χ4n) is 3.83. The number of fused-ring (bicyclic) bond motifs is 1. The molecule has 2 amide bonds. The maximum Gasteiger partial charge on any atom is 0.259 e. The van der Waals surface area contributed by atoms with Gasteiger partial charge < -0.3 is 14.5 Å². The highest BCUT2D eigenvalue weighted by molar-refractivity contribution is 7.90. The second-order valence-electron chi connectivity index (χ2n) is 8.09. The number of nitrogens with zero attached hydrogens (tertiary/aromatic N) is 2. The first-order valence-electron chi connectivity index (χ1n) is 10.1. The molecule has 0 radical (unpaired) electrons. The monoisotopic (exact) mass is 444 g/mol. The van der Waals surface area contributed by atoms with Crippen molar-refractivity contribution < 1.29 is 22.7 Å². The first-order chi connectivity index (χ1) is 14.5. The van der Waals surface area contributed by atoms with Crippen molar-refractivity contribution in [1.29, 1.82) is 0 Å². The lowest BCUT2D eigenvalue weighted by molar-refractivity contribution is -0.130. The Morgan fingerprint density at radius 1 is 1.19 bits per heavy atom. The van der Waals surface area contributed by atoms with Crippen LogP contribution in [-0.2, 0) is 25.8 Å². The molecule has 0 bridgehead atoms.